The van der Waals surface area contributed by atoms with Crippen molar-refractivity contribution in [1.82, 2.24) is 0 Å². The van der Waals surface area contributed by atoms with Crippen molar-refractivity contribution in [3.05, 3.63) is 23.2 Å². The highest BCUT2D eigenvalue weighted by atomic mass is 35.5. The van der Waals surface area contributed by atoms with E-state index in [0.717, 1.165) is 17.1 Å². The van der Waals surface area contributed by atoms with Crippen LogP contribution in [-0.4, -0.2) is 18.8 Å². The molecule has 0 spiro atoms. The Morgan fingerprint density at radius 1 is 1.56 bits per heavy atom. The Morgan fingerprint density at radius 3 is 2.94 bits per heavy atom. The van der Waals surface area contributed by atoms with Gasteiger partial charge in [0.1, 0.15) is 0 Å². The van der Waals surface area contributed by atoms with Crippen LogP contribution in [0.5, 0.6) is 0 Å². The van der Waals surface area contributed by atoms with Crippen molar-refractivity contribution in [2.75, 3.05) is 18.6 Å². The molecule has 3 nitrogen and oxygen atoms in total. The van der Waals surface area contributed by atoms with Gasteiger partial charge in [0.15, 0.2) is 0 Å². The zero-order valence-electron chi connectivity index (χ0n) is 9.03. The van der Waals surface area contributed by atoms with E-state index in [2.05, 4.69) is 4.74 Å². The largest absolute Gasteiger partial charge is 0.469 e. The average Bonchev–Trinajstić information content (AvgIpc) is 2.26. The van der Waals surface area contributed by atoms with Crippen LogP contribution in [0, 0.1) is 0 Å². The Morgan fingerprint density at radius 2 is 2.31 bits per heavy atom. The second-order valence-electron chi connectivity index (χ2n) is 3.22. The summed E-state index contributed by atoms with van der Waals surface area (Å²) >= 11 is 7.62. The average molecular weight is 260 g/mol. The molecule has 0 bridgehead atoms. The normalized spacial score (nSPS) is 10.1. The Bertz CT molecular complexity index is 371. The fourth-order valence-corrected chi connectivity index (χ4v) is 2.36. The summed E-state index contributed by atoms with van der Waals surface area (Å²) in [4.78, 5) is 11.8. The maximum atomic E-state index is 10.9. The topological polar surface area (TPSA) is 52.3 Å². The molecule has 1 rings (SSSR count). The summed E-state index contributed by atoms with van der Waals surface area (Å²) in [7, 11) is 1.40. The number of esters is 1. The second-order valence-corrected chi connectivity index (χ2v) is 4.76. The molecular weight excluding hydrogens is 246 g/mol. The number of hydrogen-bond acceptors (Lipinski definition) is 4. The van der Waals surface area contributed by atoms with Crippen LogP contribution in [-0.2, 0) is 9.53 Å². The monoisotopic (exact) mass is 259 g/mol. The highest BCUT2D eigenvalue weighted by molar-refractivity contribution is 7.99. The molecule has 0 aliphatic carbocycles. The van der Waals surface area contributed by atoms with Crippen molar-refractivity contribution in [1.29, 1.82) is 0 Å². The maximum absolute atomic E-state index is 10.9. The van der Waals surface area contributed by atoms with Crippen molar-refractivity contribution >= 4 is 35.0 Å². The van der Waals surface area contributed by atoms with Gasteiger partial charge in [-0.05, 0) is 30.4 Å². The van der Waals surface area contributed by atoms with Crippen LogP contribution in [0.25, 0.3) is 0 Å². The molecule has 0 saturated heterocycles. The van der Waals surface area contributed by atoms with E-state index in [1.807, 2.05) is 12.1 Å². The summed E-state index contributed by atoms with van der Waals surface area (Å²) in [6.07, 6.45) is 1.22. The van der Waals surface area contributed by atoms with Crippen LogP contribution in [0.1, 0.15) is 12.8 Å². The molecule has 0 aliphatic rings. The van der Waals surface area contributed by atoms with E-state index >= 15 is 0 Å². The summed E-state index contributed by atoms with van der Waals surface area (Å²) in [6.45, 7) is 0. The summed E-state index contributed by atoms with van der Waals surface area (Å²) in [6, 6.07) is 5.43. The van der Waals surface area contributed by atoms with E-state index in [0.29, 0.717) is 17.1 Å². The molecule has 0 aromatic heterocycles. The number of hydrogen-bond donors (Lipinski definition) is 1. The predicted octanol–water partition coefficient (Wildman–Crippen LogP) is 2.97. The number of carbonyl (C=O) groups is 1. The van der Waals surface area contributed by atoms with Crippen LogP contribution >= 0.6 is 23.4 Å². The lowest BCUT2D eigenvalue weighted by Crippen LogP contribution is -2.00. The molecule has 0 heterocycles. The summed E-state index contributed by atoms with van der Waals surface area (Å²) in [5, 5.41) is 0.656. The first kappa shape index (κ1) is 13.2. The van der Waals surface area contributed by atoms with Crippen LogP contribution in [0.4, 0.5) is 5.69 Å². The fraction of sp³-hybridized carbons (Fsp3) is 0.364. The summed E-state index contributed by atoms with van der Waals surface area (Å²) in [5.41, 5.74) is 6.24. The van der Waals surface area contributed by atoms with Crippen molar-refractivity contribution in [2.24, 2.45) is 0 Å². The minimum Gasteiger partial charge on any atom is -0.469 e. The number of anilines is 1. The van der Waals surface area contributed by atoms with Crippen molar-refractivity contribution in [3.8, 4) is 0 Å². The predicted molar refractivity (Wildman–Crippen MR) is 67.8 cm³/mol. The van der Waals surface area contributed by atoms with Gasteiger partial charge in [0.2, 0.25) is 0 Å². The van der Waals surface area contributed by atoms with E-state index in [1.165, 1.54) is 7.11 Å². The highest BCUT2D eigenvalue weighted by Gasteiger charge is 2.03. The third-order valence-corrected chi connectivity index (χ3v) is 3.55. The van der Waals surface area contributed by atoms with Gasteiger partial charge >= 0.3 is 5.97 Å². The molecule has 0 unspecified atom stereocenters. The van der Waals surface area contributed by atoms with Gasteiger partial charge in [-0.1, -0.05) is 11.6 Å². The first-order valence-electron chi connectivity index (χ1n) is 4.88. The summed E-state index contributed by atoms with van der Waals surface area (Å²) < 4.78 is 4.55. The Labute approximate surface area is 104 Å². The zero-order valence-corrected chi connectivity index (χ0v) is 10.6. The smallest absolute Gasteiger partial charge is 0.305 e. The van der Waals surface area contributed by atoms with E-state index in [-0.39, 0.29) is 5.97 Å². The standard InChI is InChI=1S/C11H14ClNO2S/c1-15-11(14)3-2-6-16-10-5-4-8(13)7-9(10)12/h4-5,7H,2-3,6,13H2,1H3. The molecule has 0 amide bonds. The van der Waals surface area contributed by atoms with Crippen LogP contribution in [0.15, 0.2) is 23.1 Å². The van der Waals surface area contributed by atoms with Gasteiger partial charge in [-0.15, -0.1) is 11.8 Å². The van der Waals surface area contributed by atoms with Gasteiger partial charge in [0.05, 0.1) is 12.1 Å². The van der Waals surface area contributed by atoms with Crippen LogP contribution in [0.3, 0.4) is 0 Å². The van der Waals surface area contributed by atoms with Gasteiger partial charge in [0.25, 0.3) is 0 Å². The van der Waals surface area contributed by atoms with Gasteiger partial charge in [-0.25, -0.2) is 0 Å². The first-order chi connectivity index (χ1) is 7.63. The number of nitrogens with two attached hydrogens (primary N) is 1. The van der Waals surface area contributed by atoms with Crippen LogP contribution < -0.4 is 5.73 Å². The molecule has 0 aliphatic heterocycles. The number of halogens is 1. The lowest BCUT2D eigenvalue weighted by Gasteiger charge is -2.04. The Hall–Kier alpha value is -0.870. The SMILES string of the molecule is COC(=O)CCCSc1ccc(N)cc1Cl. The minimum atomic E-state index is -0.177. The van der Waals surface area contributed by atoms with Crippen molar-refractivity contribution < 1.29 is 9.53 Å². The number of carbonyl (C=O) groups excluding carboxylic acids is 1. The number of rotatable bonds is 5. The number of thioether (sulfide) groups is 1. The molecule has 5 heteroatoms. The lowest BCUT2D eigenvalue weighted by atomic mass is 10.3. The second kappa shape index (κ2) is 6.66. The van der Waals surface area contributed by atoms with Crippen molar-refractivity contribution in [3.63, 3.8) is 0 Å². The quantitative estimate of drug-likeness (QED) is 0.382. The third-order valence-electron chi connectivity index (χ3n) is 1.97. The van der Waals surface area contributed by atoms with E-state index in [9.17, 15) is 4.79 Å². The molecular formula is C11H14ClNO2S. The number of ether oxygens (including phenoxy) is 1. The third kappa shape index (κ3) is 4.33. The number of nitrogen functional groups attached to an aromatic ring is 1. The van der Waals surface area contributed by atoms with Crippen molar-refractivity contribution in [2.45, 2.75) is 17.7 Å². The van der Waals surface area contributed by atoms with Gasteiger partial charge in [-0.3, -0.25) is 4.79 Å². The molecule has 1 aromatic rings. The maximum Gasteiger partial charge on any atom is 0.305 e. The van der Waals surface area contributed by atoms with Crippen LogP contribution in [0.2, 0.25) is 5.02 Å². The Balaban J connectivity index is 2.35. The first-order valence-corrected chi connectivity index (χ1v) is 6.24. The molecule has 0 radical (unpaired) electrons. The molecule has 0 saturated carbocycles. The fourth-order valence-electron chi connectivity index (χ4n) is 1.13. The van der Waals surface area contributed by atoms with Gasteiger partial charge in [-0.2, -0.15) is 0 Å². The summed E-state index contributed by atoms with van der Waals surface area (Å²) in [5.74, 6) is 0.655. The zero-order chi connectivity index (χ0) is 12.0. The number of methoxy groups -OCH3 is 1. The minimum absolute atomic E-state index is 0.177. The lowest BCUT2D eigenvalue weighted by molar-refractivity contribution is -0.140. The Kier molecular flexibility index (Phi) is 5.49. The molecule has 88 valence electrons. The highest BCUT2D eigenvalue weighted by Crippen LogP contribution is 2.29. The van der Waals surface area contributed by atoms with E-state index < -0.39 is 0 Å². The number of benzene rings is 1. The van der Waals surface area contributed by atoms with E-state index in [4.69, 9.17) is 17.3 Å². The van der Waals surface area contributed by atoms with Gasteiger partial charge in [0, 0.05) is 17.0 Å². The molecule has 2 N–H and O–H groups in total. The van der Waals surface area contributed by atoms with Gasteiger partial charge < -0.3 is 10.5 Å². The molecule has 1 aromatic carbocycles. The molecule has 0 fully saturated rings. The van der Waals surface area contributed by atoms with E-state index in [1.54, 1.807) is 17.8 Å². The molecule has 0 atom stereocenters. The molecule has 16 heavy (non-hydrogen) atoms.